The molecule has 114 valence electrons. The first-order valence-corrected chi connectivity index (χ1v) is 8.50. The molecule has 0 aromatic heterocycles. The maximum atomic E-state index is 12.0. The molecule has 0 spiro atoms. The quantitative estimate of drug-likeness (QED) is 0.786. The minimum absolute atomic E-state index is 0.172. The minimum atomic E-state index is -0.172. The molecule has 4 nitrogen and oxygen atoms in total. The third kappa shape index (κ3) is 4.29. The van der Waals surface area contributed by atoms with Gasteiger partial charge in [0.15, 0.2) is 0 Å². The van der Waals surface area contributed by atoms with Crippen LogP contribution in [0.3, 0.4) is 0 Å². The van der Waals surface area contributed by atoms with E-state index in [1.54, 1.807) is 62.8 Å². The van der Waals surface area contributed by atoms with Crippen molar-refractivity contribution < 1.29 is 19.1 Å². The number of ether oxygens (including phenoxy) is 2. The average molecular weight is 334 g/mol. The molecule has 2 rings (SSSR count). The van der Waals surface area contributed by atoms with E-state index in [1.807, 2.05) is 0 Å². The van der Waals surface area contributed by atoms with E-state index in [0.29, 0.717) is 22.6 Å². The standard InChI is InChI=1S/C16H14O4S2/c1-19-13-7-3-11(4-8-13)15(17)21-22-16(18)12-5-9-14(20-2)10-6-12/h3-10H,1-2H3. The molecule has 0 aliphatic rings. The van der Waals surface area contributed by atoms with E-state index in [0.717, 1.165) is 21.6 Å². The van der Waals surface area contributed by atoms with Crippen molar-refractivity contribution in [1.82, 2.24) is 0 Å². The Morgan fingerprint density at radius 3 is 1.27 bits per heavy atom. The topological polar surface area (TPSA) is 52.6 Å². The molecule has 0 fully saturated rings. The number of benzene rings is 2. The van der Waals surface area contributed by atoms with Crippen molar-refractivity contribution in [2.24, 2.45) is 0 Å². The van der Waals surface area contributed by atoms with Crippen LogP contribution in [0.15, 0.2) is 48.5 Å². The normalized spacial score (nSPS) is 10.1. The molecule has 2 aromatic rings. The second-order valence-corrected chi connectivity index (χ2v) is 6.27. The molecule has 0 aliphatic carbocycles. The SMILES string of the molecule is COc1ccc(C(=O)SSC(=O)c2ccc(OC)cc2)cc1. The van der Waals surface area contributed by atoms with Gasteiger partial charge in [-0.15, -0.1) is 0 Å². The summed E-state index contributed by atoms with van der Waals surface area (Å²) in [5.74, 6) is 1.37. The first kappa shape index (κ1) is 16.5. The second-order valence-electron chi connectivity index (χ2n) is 4.20. The average Bonchev–Trinajstić information content (AvgIpc) is 2.59. The third-order valence-electron chi connectivity index (χ3n) is 2.84. The van der Waals surface area contributed by atoms with Gasteiger partial charge in [0.05, 0.1) is 14.2 Å². The predicted octanol–water partition coefficient (Wildman–Crippen LogP) is 4.07. The summed E-state index contributed by atoms with van der Waals surface area (Å²) in [7, 11) is 4.95. The van der Waals surface area contributed by atoms with Gasteiger partial charge in [0, 0.05) is 11.1 Å². The van der Waals surface area contributed by atoms with Gasteiger partial charge in [-0.2, -0.15) is 0 Å². The molecular weight excluding hydrogens is 320 g/mol. The summed E-state index contributed by atoms with van der Waals surface area (Å²) >= 11 is 0. The van der Waals surface area contributed by atoms with Crippen molar-refractivity contribution in [3.05, 3.63) is 59.7 Å². The van der Waals surface area contributed by atoms with Crippen molar-refractivity contribution in [1.29, 1.82) is 0 Å². The lowest BCUT2D eigenvalue weighted by molar-refractivity contribution is 0.107. The van der Waals surface area contributed by atoms with E-state index in [2.05, 4.69) is 0 Å². The number of rotatable bonds is 4. The highest BCUT2D eigenvalue weighted by Crippen LogP contribution is 2.30. The summed E-state index contributed by atoms with van der Waals surface area (Å²) in [6, 6.07) is 13.5. The Morgan fingerprint density at radius 1 is 0.682 bits per heavy atom. The van der Waals surface area contributed by atoms with Crippen LogP contribution in [-0.4, -0.2) is 24.5 Å². The smallest absolute Gasteiger partial charge is 0.230 e. The minimum Gasteiger partial charge on any atom is -0.497 e. The summed E-state index contributed by atoms with van der Waals surface area (Å²) in [6.07, 6.45) is 0. The first-order valence-electron chi connectivity index (χ1n) is 6.35. The summed E-state index contributed by atoms with van der Waals surface area (Å²) in [6.45, 7) is 0. The molecule has 0 bridgehead atoms. The molecule has 0 amide bonds. The Kier molecular flexibility index (Phi) is 5.91. The van der Waals surface area contributed by atoms with Gasteiger partial charge in [0.2, 0.25) is 10.2 Å². The fraction of sp³-hybridized carbons (Fsp3) is 0.125. The fourth-order valence-corrected chi connectivity index (χ4v) is 3.27. The van der Waals surface area contributed by atoms with Crippen molar-refractivity contribution in [2.45, 2.75) is 0 Å². The fourth-order valence-electron chi connectivity index (χ4n) is 1.63. The van der Waals surface area contributed by atoms with Gasteiger partial charge in [-0.05, 0) is 70.1 Å². The lowest BCUT2D eigenvalue weighted by Crippen LogP contribution is -1.95. The molecule has 2 aromatic carbocycles. The van der Waals surface area contributed by atoms with Gasteiger partial charge in [0.25, 0.3) is 0 Å². The molecule has 0 radical (unpaired) electrons. The number of methoxy groups -OCH3 is 2. The van der Waals surface area contributed by atoms with Crippen LogP contribution in [-0.2, 0) is 0 Å². The molecule has 22 heavy (non-hydrogen) atoms. The highest BCUT2D eigenvalue weighted by molar-refractivity contribution is 8.87. The highest BCUT2D eigenvalue weighted by Gasteiger charge is 2.13. The highest BCUT2D eigenvalue weighted by atomic mass is 33.1. The second kappa shape index (κ2) is 7.91. The number of hydrogen-bond acceptors (Lipinski definition) is 6. The Labute approximate surface area is 136 Å². The summed E-state index contributed by atoms with van der Waals surface area (Å²) in [5.41, 5.74) is 1.06. The molecule has 0 unspecified atom stereocenters. The molecule has 6 heteroatoms. The Morgan fingerprint density at radius 2 is 1.00 bits per heavy atom. The van der Waals surface area contributed by atoms with Crippen LogP contribution in [0.5, 0.6) is 11.5 Å². The molecular formula is C16H14O4S2. The predicted molar refractivity (Wildman–Crippen MR) is 89.8 cm³/mol. The first-order chi connectivity index (χ1) is 10.6. The van der Waals surface area contributed by atoms with E-state index in [-0.39, 0.29) is 10.2 Å². The van der Waals surface area contributed by atoms with Gasteiger partial charge in [-0.25, -0.2) is 0 Å². The number of carbonyl (C=O) groups excluding carboxylic acids is 2. The van der Waals surface area contributed by atoms with Crippen LogP contribution in [0.25, 0.3) is 0 Å². The maximum Gasteiger partial charge on any atom is 0.230 e. The van der Waals surface area contributed by atoms with Gasteiger partial charge in [-0.3, -0.25) is 9.59 Å². The van der Waals surface area contributed by atoms with Gasteiger partial charge >= 0.3 is 0 Å². The zero-order valence-electron chi connectivity index (χ0n) is 12.1. The van der Waals surface area contributed by atoms with E-state index in [9.17, 15) is 9.59 Å². The summed E-state index contributed by atoms with van der Waals surface area (Å²) in [4.78, 5) is 24.0. The third-order valence-corrected chi connectivity index (χ3v) is 4.86. The molecule has 0 N–H and O–H groups in total. The summed E-state index contributed by atoms with van der Waals surface area (Å²) in [5, 5.41) is -0.343. The van der Waals surface area contributed by atoms with Crippen molar-refractivity contribution >= 4 is 31.8 Å². The van der Waals surface area contributed by atoms with E-state index in [1.165, 1.54) is 0 Å². The largest absolute Gasteiger partial charge is 0.497 e. The molecule has 0 aliphatic heterocycles. The van der Waals surface area contributed by atoms with Crippen LogP contribution < -0.4 is 9.47 Å². The monoisotopic (exact) mass is 334 g/mol. The van der Waals surface area contributed by atoms with Crippen LogP contribution in [0, 0.1) is 0 Å². The van der Waals surface area contributed by atoms with E-state index >= 15 is 0 Å². The van der Waals surface area contributed by atoms with Crippen LogP contribution in [0.4, 0.5) is 0 Å². The molecule has 0 atom stereocenters. The van der Waals surface area contributed by atoms with Crippen molar-refractivity contribution in [2.75, 3.05) is 14.2 Å². The van der Waals surface area contributed by atoms with Crippen molar-refractivity contribution in [3.8, 4) is 11.5 Å². The van der Waals surface area contributed by atoms with Crippen LogP contribution in [0.1, 0.15) is 20.7 Å². The van der Waals surface area contributed by atoms with Gasteiger partial charge < -0.3 is 9.47 Å². The van der Waals surface area contributed by atoms with E-state index in [4.69, 9.17) is 9.47 Å². The number of hydrogen-bond donors (Lipinski definition) is 0. The number of carbonyl (C=O) groups is 2. The lowest BCUT2D eigenvalue weighted by atomic mass is 10.2. The Bertz CT molecular complexity index is 591. The Balaban J connectivity index is 1.92. The van der Waals surface area contributed by atoms with Crippen molar-refractivity contribution in [3.63, 3.8) is 0 Å². The maximum absolute atomic E-state index is 12.0. The molecule has 0 saturated carbocycles. The summed E-state index contributed by atoms with van der Waals surface area (Å²) < 4.78 is 10.1. The zero-order chi connectivity index (χ0) is 15.9. The zero-order valence-corrected chi connectivity index (χ0v) is 13.7. The molecule has 0 heterocycles. The Hall–Kier alpha value is -1.92. The van der Waals surface area contributed by atoms with E-state index < -0.39 is 0 Å². The van der Waals surface area contributed by atoms with Crippen LogP contribution in [0.2, 0.25) is 0 Å². The van der Waals surface area contributed by atoms with Gasteiger partial charge in [-0.1, -0.05) is 0 Å². The lowest BCUT2D eigenvalue weighted by Gasteiger charge is -2.03. The van der Waals surface area contributed by atoms with Crippen LogP contribution >= 0.6 is 21.6 Å². The van der Waals surface area contributed by atoms with Gasteiger partial charge in [0.1, 0.15) is 11.5 Å². The molecule has 0 saturated heterocycles.